The van der Waals surface area contributed by atoms with E-state index < -0.39 is 40.5 Å². The number of carboxylic acids is 2. The van der Waals surface area contributed by atoms with Gasteiger partial charge in [-0.1, -0.05) is 5.04 Å². The summed E-state index contributed by atoms with van der Waals surface area (Å²) in [7, 11) is -4.84. The second-order valence-corrected chi connectivity index (χ2v) is 13.9. The molecule has 0 bridgehead atoms. The van der Waals surface area contributed by atoms with Crippen LogP contribution in [-0.4, -0.2) is 74.4 Å². The van der Waals surface area contributed by atoms with E-state index in [0.29, 0.717) is 85.5 Å². The van der Waals surface area contributed by atoms with Crippen molar-refractivity contribution in [1.29, 1.82) is 0 Å². The Morgan fingerprint density at radius 3 is 1.79 bits per heavy atom. The molecule has 0 radical (unpaired) electrons. The Hall–Kier alpha value is -4.54. The van der Waals surface area contributed by atoms with Gasteiger partial charge in [-0.15, -0.1) is 4.33 Å². The second-order valence-electron chi connectivity index (χ2n) is 12.4. The first-order chi connectivity index (χ1) is 24.8. The summed E-state index contributed by atoms with van der Waals surface area (Å²) in [6, 6.07) is 0. The number of H-pyrrole nitrogens is 2. The van der Waals surface area contributed by atoms with Crippen LogP contribution in [0.2, 0.25) is 0 Å². The zero-order valence-electron chi connectivity index (χ0n) is 29.5. The molecule has 0 spiro atoms. The van der Waals surface area contributed by atoms with Gasteiger partial charge in [0, 0.05) is 64.6 Å². The van der Waals surface area contributed by atoms with Crippen LogP contribution in [0.15, 0.2) is 33.7 Å². The molecule has 4 heterocycles. The lowest BCUT2D eigenvalue weighted by Crippen LogP contribution is -2.25. The van der Waals surface area contributed by atoms with Gasteiger partial charge in [0.25, 0.3) is 11.8 Å². The molecule has 0 aliphatic carbocycles. The number of aromatic nitrogens is 2. The molecule has 0 aromatic carbocycles. The van der Waals surface area contributed by atoms with Gasteiger partial charge in [-0.3, -0.25) is 27.9 Å². The molecule has 53 heavy (non-hydrogen) atoms. The topological polar surface area (TPSA) is 276 Å². The third-order valence-corrected chi connectivity index (χ3v) is 10.0. The highest BCUT2D eigenvalue weighted by Crippen LogP contribution is 2.33. The van der Waals surface area contributed by atoms with Crippen molar-refractivity contribution in [3.8, 4) is 0 Å². The summed E-state index contributed by atoms with van der Waals surface area (Å²) in [5.41, 5.74) is 7.14. The van der Waals surface area contributed by atoms with Crippen molar-refractivity contribution in [2.24, 2.45) is 0 Å². The quantitative estimate of drug-likeness (QED) is 0.0352. The van der Waals surface area contributed by atoms with Gasteiger partial charge in [0.2, 0.25) is 0 Å². The number of hydrogen-bond acceptors (Lipinski definition) is 12. The van der Waals surface area contributed by atoms with E-state index in [2.05, 4.69) is 34.2 Å². The van der Waals surface area contributed by atoms with E-state index in [1.807, 2.05) is 6.92 Å². The van der Waals surface area contributed by atoms with Crippen molar-refractivity contribution < 1.29 is 65.4 Å². The Bertz CT molecular complexity index is 2060. The summed E-state index contributed by atoms with van der Waals surface area (Å²) in [5, 5.41) is 36.5. The highest BCUT2D eigenvalue weighted by Gasteiger charge is 2.32. The first kappa shape index (κ1) is 41.2. The summed E-state index contributed by atoms with van der Waals surface area (Å²) in [4.78, 5) is 55.5. The average molecular weight is 781 g/mol. The van der Waals surface area contributed by atoms with Gasteiger partial charge in [0.1, 0.15) is 6.10 Å². The van der Waals surface area contributed by atoms with Crippen LogP contribution >= 0.6 is 12.3 Å². The van der Waals surface area contributed by atoms with E-state index in [0.717, 1.165) is 0 Å². The SMILES string of the molecule is CC1=C([C@@H](C)OSOOO)/C(=C/c2[nH]c(Cc3[nH]c(/C=C4\NC(=O)C([C@H](C)OS(=O)(=O)O)=C4C)c(C)c3CCC(=O)O)c(CCC(=O)O)c2C)NC1=O. The maximum Gasteiger partial charge on any atom is 0.397 e. The van der Waals surface area contributed by atoms with Crippen molar-refractivity contribution in [2.75, 3.05) is 0 Å². The van der Waals surface area contributed by atoms with E-state index in [1.54, 1.807) is 39.8 Å². The number of rotatable bonds is 18. The molecule has 4 rings (SSSR count). The molecule has 0 saturated carbocycles. The number of allylic oxidation sites excluding steroid dienone is 1. The van der Waals surface area contributed by atoms with Gasteiger partial charge in [-0.2, -0.15) is 8.42 Å². The Morgan fingerprint density at radius 1 is 0.792 bits per heavy atom. The summed E-state index contributed by atoms with van der Waals surface area (Å²) in [5.74, 6) is -3.01. The van der Waals surface area contributed by atoms with Gasteiger partial charge in [0.05, 0.1) is 11.7 Å². The molecule has 2 amide bonds. The number of amides is 2. The fourth-order valence-electron chi connectivity index (χ4n) is 6.48. The minimum Gasteiger partial charge on any atom is -0.481 e. The molecular weight excluding hydrogens is 741 g/mol. The van der Waals surface area contributed by atoms with E-state index in [-0.39, 0.29) is 43.6 Å². The van der Waals surface area contributed by atoms with Crippen molar-refractivity contribution >= 4 is 58.6 Å². The first-order valence-corrected chi connectivity index (χ1v) is 18.1. The second kappa shape index (κ2) is 17.1. The van der Waals surface area contributed by atoms with Gasteiger partial charge in [-0.05, 0) is 94.4 Å². The highest BCUT2D eigenvalue weighted by atomic mass is 32.3. The Balaban J connectivity index is 1.78. The minimum atomic E-state index is -4.84. The van der Waals surface area contributed by atoms with E-state index in [1.165, 1.54) is 6.92 Å². The van der Waals surface area contributed by atoms with Crippen LogP contribution in [0.5, 0.6) is 0 Å². The Morgan fingerprint density at radius 2 is 1.30 bits per heavy atom. The molecule has 2 aromatic heterocycles. The smallest absolute Gasteiger partial charge is 0.397 e. The van der Waals surface area contributed by atoms with Crippen LogP contribution in [0, 0.1) is 13.8 Å². The summed E-state index contributed by atoms with van der Waals surface area (Å²) in [6.45, 7) is 9.75. The highest BCUT2D eigenvalue weighted by molar-refractivity contribution is 7.89. The molecule has 2 aliphatic heterocycles. The third kappa shape index (κ3) is 9.91. The van der Waals surface area contributed by atoms with Gasteiger partial charge in [-0.25, -0.2) is 9.44 Å². The molecule has 0 fully saturated rings. The molecular formula is C33H40N4O14S2. The molecule has 0 unspecified atom stereocenters. The Labute approximate surface area is 308 Å². The van der Waals surface area contributed by atoms with Crippen LogP contribution < -0.4 is 10.6 Å². The largest absolute Gasteiger partial charge is 0.481 e. The van der Waals surface area contributed by atoms with Crippen LogP contribution in [0.1, 0.15) is 85.6 Å². The summed E-state index contributed by atoms with van der Waals surface area (Å²) in [6.07, 6.45) is 1.44. The van der Waals surface area contributed by atoms with E-state index >= 15 is 0 Å². The van der Waals surface area contributed by atoms with Crippen LogP contribution in [0.4, 0.5) is 0 Å². The average Bonchev–Trinajstić information content (AvgIpc) is 3.70. The van der Waals surface area contributed by atoms with Crippen molar-refractivity contribution in [3.05, 3.63) is 78.7 Å². The van der Waals surface area contributed by atoms with Gasteiger partial charge >= 0.3 is 22.3 Å². The van der Waals surface area contributed by atoms with E-state index in [4.69, 9.17) is 14.0 Å². The number of aliphatic carboxylic acids is 2. The number of aromatic amines is 2. The molecule has 2 aliphatic rings. The zero-order valence-corrected chi connectivity index (χ0v) is 31.2. The zero-order chi connectivity index (χ0) is 39.4. The molecule has 8 N–H and O–H groups in total. The molecule has 0 saturated heterocycles. The monoisotopic (exact) mass is 780 g/mol. The number of carbonyl (C=O) groups is 4. The van der Waals surface area contributed by atoms with Crippen molar-refractivity contribution in [1.82, 2.24) is 20.6 Å². The molecule has 288 valence electrons. The fourth-order valence-corrected chi connectivity index (χ4v) is 7.21. The third-order valence-electron chi connectivity index (χ3n) is 9.03. The lowest BCUT2D eigenvalue weighted by atomic mass is 9.98. The predicted molar refractivity (Wildman–Crippen MR) is 188 cm³/mol. The minimum absolute atomic E-state index is 0.00476. The van der Waals surface area contributed by atoms with Gasteiger partial charge in [0.15, 0.2) is 12.3 Å². The number of carbonyl (C=O) groups excluding carboxylic acids is 2. The van der Waals surface area contributed by atoms with Gasteiger partial charge < -0.3 is 30.8 Å². The molecule has 2 aromatic rings. The van der Waals surface area contributed by atoms with E-state index in [9.17, 15) is 37.8 Å². The lowest BCUT2D eigenvalue weighted by Gasteiger charge is -2.13. The number of carboxylic acid groups (broad SMARTS) is 2. The predicted octanol–water partition coefficient (Wildman–Crippen LogP) is 3.76. The molecule has 2 atom stereocenters. The van der Waals surface area contributed by atoms with Crippen molar-refractivity contribution in [2.45, 2.75) is 85.9 Å². The van der Waals surface area contributed by atoms with Crippen LogP contribution in [0.3, 0.4) is 0 Å². The first-order valence-electron chi connectivity index (χ1n) is 16.1. The van der Waals surface area contributed by atoms with Crippen LogP contribution in [-0.2, 0) is 66.6 Å². The lowest BCUT2D eigenvalue weighted by molar-refractivity contribution is -0.434. The maximum atomic E-state index is 12.8. The van der Waals surface area contributed by atoms with Crippen LogP contribution in [0.25, 0.3) is 12.2 Å². The Kier molecular flexibility index (Phi) is 13.3. The number of nitrogens with one attached hydrogen (secondary N) is 4. The van der Waals surface area contributed by atoms with Crippen molar-refractivity contribution in [3.63, 3.8) is 0 Å². The normalized spacial score (nSPS) is 17.7. The standard InChI is InChI=1S/C33H40N4O14S2/c1-14-20(7-9-28(38)39)25(34-22(14)11-24-16(3)31(33(43)36-24)19(6)49-53(45,46)47)13-26-21(8-10-29(40)41)15(2)23(35-26)12-27-30(17(4)32(42)37-27)18(5)48-52-51-50-44/h11-12,18-19,34-35,44H,7-10,13H2,1-6H3,(H,36,43)(H,37,42)(H,38,39)(H,40,41)(H,45,46,47)/b24-11-,27-12-/t18-,19+/m1/s1. The number of hydrogen-bond donors (Lipinski definition) is 8. The maximum absolute atomic E-state index is 12.8. The summed E-state index contributed by atoms with van der Waals surface area (Å²) < 4.78 is 46.1. The summed E-state index contributed by atoms with van der Waals surface area (Å²) >= 11 is 0.363. The molecule has 20 heteroatoms. The molecule has 18 nitrogen and oxygen atoms in total. The fraction of sp³-hybridized carbons (Fsp3) is 0.394.